The van der Waals surface area contributed by atoms with E-state index in [-0.39, 0.29) is 6.54 Å². The molecule has 0 saturated carbocycles. The molecule has 0 unspecified atom stereocenters. The molecule has 96 valence electrons. The van der Waals surface area contributed by atoms with Crippen LogP contribution in [-0.4, -0.2) is 31.3 Å². The van der Waals surface area contributed by atoms with Gasteiger partial charge in [-0.2, -0.15) is 5.26 Å². The van der Waals surface area contributed by atoms with Gasteiger partial charge in [0.2, 0.25) is 5.16 Å². The van der Waals surface area contributed by atoms with Crippen LogP contribution in [0.15, 0.2) is 32.7 Å². The summed E-state index contributed by atoms with van der Waals surface area (Å²) in [6.07, 6.45) is 0. The quantitative estimate of drug-likeness (QED) is 0.900. The van der Waals surface area contributed by atoms with E-state index < -0.39 is 5.97 Å². The van der Waals surface area contributed by atoms with Gasteiger partial charge >= 0.3 is 5.97 Å². The van der Waals surface area contributed by atoms with Crippen molar-refractivity contribution >= 4 is 33.7 Å². The van der Waals surface area contributed by atoms with Crippen molar-refractivity contribution in [3.8, 4) is 6.07 Å². The SMILES string of the molecule is N#Cc1ccc(Sc2nnnn2CC(=O)O)c(Br)c1. The number of benzene rings is 1. The van der Waals surface area contributed by atoms with Crippen LogP contribution in [0.5, 0.6) is 0 Å². The number of hydrogen-bond donors (Lipinski definition) is 1. The van der Waals surface area contributed by atoms with Gasteiger partial charge in [0, 0.05) is 9.37 Å². The molecule has 0 fully saturated rings. The highest BCUT2D eigenvalue weighted by Gasteiger charge is 2.12. The molecule has 1 heterocycles. The van der Waals surface area contributed by atoms with Gasteiger partial charge in [0.15, 0.2) is 0 Å². The normalized spacial score (nSPS) is 10.1. The van der Waals surface area contributed by atoms with Gasteiger partial charge in [0.1, 0.15) is 6.54 Å². The Morgan fingerprint density at radius 3 is 3.00 bits per heavy atom. The average Bonchev–Trinajstić information content (AvgIpc) is 2.78. The highest BCUT2D eigenvalue weighted by Crippen LogP contribution is 2.32. The summed E-state index contributed by atoms with van der Waals surface area (Å²) in [7, 11) is 0. The molecule has 9 heteroatoms. The monoisotopic (exact) mass is 339 g/mol. The third kappa shape index (κ3) is 3.30. The van der Waals surface area contributed by atoms with Crippen molar-refractivity contribution in [3.63, 3.8) is 0 Å². The maximum Gasteiger partial charge on any atom is 0.325 e. The average molecular weight is 340 g/mol. The molecule has 1 aromatic heterocycles. The van der Waals surface area contributed by atoms with Crippen molar-refractivity contribution in [1.29, 1.82) is 5.26 Å². The Balaban J connectivity index is 2.24. The van der Waals surface area contributed by atoms with E-state index in [9.17, 15) is 4.79 Å². The zero-order valence-corrected chi connectivity index (χ0v) is 11.7. The summed E-state index contributed by atoms with van der Waals surface area (Å²) in [5.41, 5.74) is 0.529. The molecule has 19 heavy (non-hydrogen) atoms. The molecule has 0 spiro atoms. The number of hydrogen-bond acceptors (Lipinski definition) is 6. The lowest BCUT2D eigenvalue weighted by Crippen LogP contribution is -2.11. The van der Waals surface area contributed by atoms with Crippen LogP contribution in [0.2, 0.25) is 0 Å². The topological polar surface area (TPSA) is 105 Å². The van der Waals surface area contributed by atoms with Crippen LogP contribution >= 0.6 is 27.7 Å². The van der Waals surface area contributed by atoms with Gasteiger partial charge in [0.25, 0.3) is 0 Å². The van der Waals surface area contributed by atoms with E-state index in [4.69, 9.17) is 10.4 Å². The Morgan fingerprint density at radius 1 is 1.58 bits per heavy atom. The van der Waals surface area contributed by atoms with E-state index >= 15 is 0 Å². The first kappa shape index (κ1) is 13.5. The van der Waals surface area contributed by atoms with Crippen LogP contribution in [0.1, 0.15) is 5.56 Å². The summed E-state index contributed by atoms with van der Waals surface area (Å²) >= 11 is 4.56. The first-order valence-corrected chi connectivity index (χ1v) is 6.56. The van der Waals surface area contributed by atoms with Gasteiger partial charge < -0.3 is 5.11 Å². The second-order valence-electron chi connectivity index (χ2n) is 3.37. The molecule has 2 rings (SSSR count). The maximum absolute atomic E-state index is 10.7. The Bertz CT molecular complexity index is 666. The predicted octanol–water partition coefficient (Wildman–Crippen LogP) is 1.54. The van der Waals surface area contributed by atoms with Crippen LogP contribution in [0.25, 0.3) is 0 Å². The highest BCUT2D eigenvalue weighted by molar-refractivity contribution is 9.10. The van der Waals surface area contributed by atoms with E-state index in [0.29, 0.717) is 10.7 Å². The molecule has 0 aliphatic heterocycles. The van der Waals surface area contributed by atoms with Crippen molar-refractivity contribution < 1.29 is 9.90 Å². The van der Waals surface area contributed by atoms with Crippen LogP contribution in [0.3, 0.4) is 0 Å². The summed E-state index contributed by atoms with van der Waals surface area (Å²) in [5.74, 6) is -1.02. The summed E-state index contributed by atoms with van der Waals surface area (Å²) < 4.78 is 1.92. The number of aromatic nitrogens is 4. The van der Waals surface area contributed by atoms with E-state index in [2.05, 4.69) is 31.5 Å². The highest BCUT2D eigenvalue weighted by atomic mass is 79.9. The Kier molecular flexibility index (Phi) is 4.13. The number of nitrogens with zero attached hydrogens (tertiary/aromatic N) is 5. The van der Waals surface area contributed by atoms with E-state index in [1.165, 1.54) is 16.4 Å². The van der Waals surface area contributed by atoms with E-state index in [1.807, 2.05) is 6.07 Å². The predicted molar refractivity (Wildman–Crippen MR) is 68.4 cm³/mol. The molecule has 0 saturated heterocycles. The van der Waals surface area contributed by atoms with E-state index in [0.717, 1.165) is 9.37 Å². The lowest BCUT2D eigenvalue weighted by molar-refractivity contribution is -0.138. The second kappa shape index (κ2) is 5.81. The lowest BCUT2D eigenvalue weighted by Gasteiger charge is -2.04. The molecule has 0 amide bonds. The molecule has 0 aliphatic carbocycles. The van der Waals surface area contributed by atoms with Crippen LogP contribution in [-0.2, 0) is 11.3 Å². The minimum atomic E-state index is -1.02. The van der Waals surface area contributed by atoms with Crippen LogP contribution in [0, 0.1) is 11.3 Å². The smallest absolute Gasteiger partial charge is 0.325 e. The Labute approximate surface area is 120 Å². The van der Waals surface area contributed by atoms with Gasteiger partial charge in [-0.05, 0) is 56.3 Å². The fourth-order valence-corrected chi connectivity index (χ4v) is 2.64. The third-order valence-corrected chi connectivity index (χ3v) is 4.02. The number of carbonyl (C=O) groups is 1. The van der Waals surface area contributed by atoms with Crippen molar-refractivity contribution in [2.24, 2.45) is 0 Å². The number of aliphatic carboxylic acids is 1. The number of carboxylic acid groups (broad SMARTS) is 1. The first-order valence-electron chi connectivity index (χ1n) is 4.95. The molecular formula is C10H6BrN5O2S. The molecule has 7 nitrogen and oxygen atoms in total. The van der Waals surface area contributed by atoms with Gasteiger partial charge in [0.05, 0.1) is 11.6 Å². The summed E-state index contributed by atoms with van der Waals surface area (Å²) in [5, 5.41) is 28.7. The molecule has 2 aromatic rings. The van der Waals surface area contributed by atoms with Crippen molar-refractivity contribution in [3.05, 3.63) is 28.2 Å². The molecule has 0 radical (unpaired) electrons. The molecule has 0 bridgehead atoms. The summed E-state index contributed by atoms with van der Waals surface area (Å²) in [6.45, 7) is -0.302. The number of rotatable bonds is 4. The first-order chi connectivity index (χ1) is 9.10. The third-order valence-electron chi connectivity index (χ3n) is 2.05. The molecule has 1 N–H and O–H groups in total. The summed E-state index contributed by atoms with van der Waals surface area (Å²) in [6, 6.07) is 7.11. The van der Waals surface area contributed by atoms with Crippen molar-refractivity contribution in [2.75, 3.05) is 0 Å². The molecule has 0 aliphatic rings. The number of carboxylic acids is 1. The van der Waals surface area contributed by atoms with Gasteiger partial charge in [-0.1, -0.05) is 0 Å². The molecule has 0 atom stereocenters. The van der Waals surface area contributed by atoms with Crippen molar-refractivity contribution in [2.45, 2.75) is 16.6 Å². The Hall–Kier alpha value is -1.92. The molecule has 1 aromatic carbocycles. The lowest BCUT2D eigenvalue weighted by atomic mass is 10.2. The zero-order valence-electron chi connectivity index (χ0n) is 9.32. The number of halogens is 1. The number of tetrazole rings is 1. The standard InChI is InChI=1S/C10H6BrN5O2S/c11-7-3-6(4-12)1-2-8(7)19-10-13-14-15-16(10)5-9(17)18/h1-3H,5H2,(H,17,18). The van der Waals surface area contributed by atoms with Gasteiger partial charge in [-0.25, -0.2) is 4.68 Å². The largest absolute Gasteiger partial charge is 0.480 e. The zero-order chi connectivity index (χ0) is 13.8. The van der Waals surface area contributed by atoms with Gasteiger partial charge in [-0.15, -0.1) is 5.10 Å². The van der Waals surface area contributed by atoms with Crippen LogP contribution in [0.4, 0.5) is 0 Å². The summed E-state index contributed by atoms with van der Waals surface area (Å²) in [4.78, 5) is 11.4. The minimum Gasteiger partial charge on any atom is -0.480 e. The van der Waals surface area contributed by atoms with Crippen LogP contribution < -0.4 is 0 Å². The molecular weight excluding hydrogens is 334 g/mol. The minimum absolute atomic E-state index is 0.302. The maximum atomic E-state index is 10.7. The van der Waals surface area contributed by atoms with Gasteiger partial charge in [-0.3, -0.25) is 4.79 Å². The van der Waals surface area contributed by atoms with Crippen molar-refractivity contribution in [1.82, 2.24) is 20.2 Å². The fourth-order valence-electron chi connectivity index (χ4n) is 1.25. The number of nitriles is 1. The Morgan fingerprint density at radius 2 is 2.37 bits per heavy atom. The fraction of sp³-hybridized carbons (Fsp3) is 0.100. The second-order valence-corrected chi connectivity index (χ2v) is 5.24. The van der Waals surface area contributed by atoms with E-state index in [1.54, 1.807) is 18.2 Å².